The Morgan fingerprint density at radius 1 is 0.857 bits per heavy atom. The van der Waals surface area contributed by atoms with E-state index in [0.717, 1.165) is 31.6 Å². The molecule has 1 rings (SSSR count). The van der Waals surface area contributed by atoms with Crippen LogP contribution in [0.25, 0.3) is 0 Å². The number of carbonyl (C=O) groups excluding carboxylic acids is 2. The van der Waals surface area contributed by atoms with Crippen molar-refractivity contribution in [2.75, 3.05) is 6.61 Å². The molecule has 4 heteroatoms. The number of hydrogen-bond donors (Lipinski definition) is 0. The quantitative estimate of drug-likeness (QED) is 0.227. The molecule has 0 aliphatic heterocycles. The van der Waals surface area contributed by atoms with E-state index in [1.807, 2.05) is 0 Å². The highest BCUT2D eigenvalue weighted by atomic mass is 16.5. The Kier molecular flexibility index (Phi) is 15.5. The van der Waals surface area contributed by atoms with Gasteiger partial charge in [-0.25, -0.2) is 9.59 Å². The summed E-state index contributed by atoms with van der Waals surface area (Å²) < 4.78 is 10.2. The maximum absolute atomic E-state index is 11.1. The lowest BCUT2D eigenvalue weighted by Crippen LogP contribution is -2.20. The average molecular weight is 395 g/mol. The predicted octanol–water partition coefficient (Wildman–Crippen LogP) is 6.54. The van der Waals surface area contributed by atoms with Gasteiger partial charge < -0.3 is 9.47 Å². The third-order valence-electron chi connectivity index (χ3n) is 4.68. The molecule has 0 aromatic carbocycles. The molecule has 0 N–H and O–H groups in total. The van der Waals surface area contributed by atoms with Gasteiger partial charge in [0.25, 0.3) is 0 Å². The van der Waals surface area contributed by atoms with Crippen molar-refractivity contribution in [1.82, 2.24) is 0 Å². The summed E-state index contributed by atoms with van der Waals surface area (Å²) in [6, 6.07) is 0. The zero-order valence-corrected chi connectivity index (χ0v) is 18.7. The fourth-order valence-electron chi connectivity index (χ4n) is 2.91. The van der Waals surface area contributed by atoms with Crippen molar-refractivity contribution in [3.05, 3.63) is 24.3 Å². The van der Waals surface area contributed by atoms with Crippen molar-refractivity contribution in [2.45, 2.75) is 104 Å². The number of ether oxygens (including phenoxy) is 2. The average Bonchev–Trinajstić information content (AvgIpc) is 2.64. The molecule has 0 aromatic heterocycles. The molecular formula is C24H42O4. The second-order valence-corrected chi connectivity index (χ2v) is 8.31. The molecule has 162 valence electrons. The SMILES string of the molecule is C=C(C)C(=O)OC1CCCCC1.C=C(C)C(=O)OCCCCCCCC(C)C. The number of carbonyl (C=O) groups is 2. The Labute approximate surface area is 172 Å². The van der Waals surface area contributed by atoms with Gasteiger partial charge in [0, 0.05) is 11.1 Å². The molecule has 0 aromatic rings. The van der Waals surface area contributed by atoms with Gasteiger partial charge in [-0.15, -0.1) is 0 Å². The summed E-state index contributed by atoms with van der Waals surface area (Å²) in [7, 11) is 0. The zero-order chi connectivity index (χ0) is 21.4. The molecule has 0 unspecified atom stereocenters. The minimum atomic E-state index is -0.264. The molecule has 0 spiro atoms. The van der Waals surface area contributed by atoms with Crippen LogP contribution >= 0.6 is 0 Å². The van der Waals surface area contributed by atoms with Crippen molar-refractivity contribution in [3.63, 3.8) is 0 Å². The van der Waals surface area contributed by atoms with E-state index in [1.54, 1.807) is 13.8 Å². The molecule has 1 aliphatic carbocycles. The van der Waals surface area contributed by atoms with Gasteiger partial charge in [0.1, 0.15) is 6.10 Å². The predicted molar refractivity (Wildman–Crippen MR) is 116 cm³/mol. The van der Waals surface area contributed by atoms with Gasteiger partial charge in [-0.05, 0) is 51.9 Å². The molecule has 28 heavy (non-hydrogen) atoms. The van der Waals surface area contributed by atoms with E-state index >= 15 is 0 Å². The van der Waals surface area contributed by atoms with E-state index in [4.69, 9.17) is 9.47 Å². The minimum Gasteiger partial charge on any atom is -0.462 e. The molecule has 4 nitrogen and oxygen atoms in total. The first-order valence-electron chi connectivity index (χ1n) is 10.9. The Bertz CT molecular complexity index is 473. The van der Waals surface area contributed by atoms with Crippen molar-refractivity contribution >= 4 is 11.9 Å². The van der Waals surface area contributed by atoms with Gasteiger partial charge in [-0.1, -0.05) is 65.5 Å². The normalized spacial score (nSPS) is 14.0. The molecule has 1 aliphatic rings. The van der Waals surface area contributed by atoms with E-state index in [2.05, 4.69) is 27.0 Å². The zero-order valence-electron chi connectivity index (χ0n) is 18.7. The second-order valence-electron chi connectivity index (χ2n) is 8.31. The monoisotopic (exact) mass is 394 g/mol. The Morgan fingerprint density at radius 2 is 1.39 bits per heavy atom. The van der Waals surface area contributed by atoms with Crippen molar-refractivity contribution in [2.24, 2.45) is 5.92 Å². The summed E-state index contributed by atoms with van der Waals surface area (Å²) >= 11 is 0. The van der Waals surface area contributed by atoms with Crippen molar-refractivity contribution in [3.8, 4) is 0 Å². The first-order chi connectivity index (χ1) is 13.2. The number of rotatable bonds is 11. The lowest BCUT2D eigenvalue weighted by atomic mass is 9.98. The van der Waals surface area contributed by atoms with Crippen LogP contribution in [0.3, 0.4) is 0 Å². The summed E-state index contributed by atoms with van der Waals surface area (Å²) in [5, 5.41) is 0. The van der Waals surface area contributed by atoms with Gasteiger partial charge in [-0.3, -0.25) is 0 Å². The Balaban J connectivity index is 0.000000540. The van der Waals surface area contributed by atoms with Crippen molar-refractivity contribution in [1.29, 1.82) is 0 Å². The third-order valence-corrected chi connectivity index (χ3v) is 4.68. The fraction of sp³-hybridized carbons (Fsp3) is 0.750. The summed E-state index contributed by atoms with van der Waals surface area (Å²) in [4.78, 5) is 22.1. The second kappa shape index (κ2) is 16.4. The molecule has 0 atom stereocenters. The highest BCUT2D eigenvalue weighted by Gasteiger charge is 2.17. The first kappa shape index (κ1) is 26.4. The highest BCUT2D eigenvalue weighted by Crippen LogP contribution is 2.20. The van der Waals surface area contributed by atoms with Gasteiger partial charge >= 0.3 is 11.9 Å². The summed E-state index contributed by atoms with van der Waals surface area (Å²) in [6.45, 7) is 15.5. The van der Waals surface area contributed by atoms with Crippen LogP contribution in [0.15, 0.2) is 24.3 Å². The molecule has 0 radical (unpaired) electrons. The molecule has 1 saturated carbocycles. The highest BCUT2D eigenvalue weighted by molar-refractivity contribution is 5.87. The van der Waals surface area contributed by atoms with E-state index in [9.17, 15) is 9.59 Å². The summed E-state index contributed by atoms with van der Waals surface area (Å²) in [5.41, 5.74) is 0.984. The standard InChI is InChI=1S/C14H26O2.C10H16O2/c1-12(2)10-8-6-5-7-9-11-16-14(15)13(3)4;1-8(2)10(11)12-9-6-4-3-5-7-9/h12H,3,5-11H2,1-2,4H3;9H,1,3-7H2,2H3. The smallest absolute Gasteiger partial charge is 0.333 e. The van der Waals surface area contributed by atoms with Gasteiger partial charge in [0.15, 0.2) is 0 Å². The Morgan fingerprint density at radius 3 is 1.93 bits per heavy atom. The third kappa shape index (κ3) is 15.5. The fourth-order valence-corrected chi connectivity index (χ4v) is 2.91. The van der Waals surface area contributed by atoms with Gasteiger partial charge in [0.2, 0.25) is 0 Å². The maximum atomic E-state index is 11.1. The Hall–Kier alpha value is -1.58. The van der Waals surface area contributed by atoms with E-state index in [0.29, 0.717) is 17.8 Å². The largest absolute Gasteiger partial charge is 0.462 e. The van der Waals surface area contributed by atoms with Crippen LogP contribution < -0.4 is 0 Å². The molecule has 0 saturated heterocycles. The molecular weight excluding hydrogens is 352 g/mol. The van der Waals surface area contributed by atoms with Crippen LogP contribution in [-0.2, 0) is 19.1 Å². The summed E-state index contributed by atoms with van der Waals surface area (Å²) in [6.07, 6.45) is 13.2. The molecule has 1 fully saturated rings. The van der Waals surface area contributed by atoms with Crippen LogP contribution in [0.4, 0.5) is 0 Å². The maximum Gasteiger partial charge on any atom is 0.333 e. The topological polar surface area (TPSA) is 52.6 Å². The van der Waals surface area contributed by atoms with Crippen LogP contribution in [0.5, 0.6) is 0 Å². The molecule has 0 heterocycles. The summed E-state index contributed by atoms with van der Waals surface area (Å²) in [5.74, 6) is 0.318. The van der Waals surface area contributed by atoms with Crippen LogP contribution in [-0.4, -0.2) is 24.6 Å². The first-order valence-corrected chi connectivity index (χ1v) is 10.9. The molecule has 0 amide bonds. The molecule has 0 bridgehead atoms. The van der Waals surface area contributed by atoms with Crippen LogP contribution in [0, 0.1) is 5.92 Å². The van der Waals surface area contributed by atoms with Crippen LogP contribution in [0.2, 0.25) is 0 Å². The van der Waals surface area contributed by atoms with Gasteiger partial charge in [0.05, 0.1) is 6.61 Å². The number of esters is 2. The van der Waals surface area contributed by atoms with E-state index in [-0.39, 0.29) is 18.0 Å². The van der Waals surface area contributed by atoms with E-state index in [1.165, 1.54) is 44.9 Å². The number of unbranched alkanes of at least 4 members (excludes halogenated alkanes) is 4. The minimum absolute atomic E-state index is 0.156. The van der Waals surface area contributed by atoms with E-state index < -0.39 is 0 Å². The lowest BCUT2D eigenvalue weighted by molar-refractivity contribution is -0.145. The number of hydrogen-bond acceptors (Lipinski definition) is 4. The van der Waals surface area contributed by atoms with Gasteiger partial charge in [-0.2, -0.15) is 0 Å². The lowest BCUT2D eigenvalue weighted by Gasteiger charge is -2.21. The van der Waals surface area contributed by atoms with Crippen molar-refractivity contribution < 1.29 is 19.1 Å². The van der Waals surface area contributed by atoms with Crippen LogP contribution in [0.1, 0.15) is 98.3 Å².